The Labute approximate surface area is 175 Å². The SMILES string of the molecule is CCCCN1CCCN(C(=O)c2sc(-c3cccc(Cl)c3Cl)nc2C)CC1. The van der Waals surface area contributed by atoms with E-state index in [9.17, 15) is 4.79 Å². The summed E-state index contributed by atoms with van der Waals surface area (Å²) in [7, 11) is 0. The van der Waals surface area contributed by atoms with E-state index < -0.39 is 0 Å². The summed E-state index contributed by atoms with van der Waals surface area (Å²) in [5.74, 6) is 0.0757. The molecule has 1 amide bonds. The Morgan fingerprint density at radius 2 is 2.04 bits per heavy atom. The first-order chi connectivity index (χ1) is 13.0. The lowest BCUT2D eigenvalue weighted by atomic mass is 10.2. The second-order valence-electron chi connectivity index (χ2n) is 6.88. The van der Waals surface area contributed by atoms with E-state index in [1.165, 1.54) is 24.2 Å². The maximum atomic E-state index is 13.1. The van der Waals surface area contributed by atoms with Crippen LogP contribution in [0.4, 0.5) is 0 Å². The van der Waals surface area contributed by atoms with Crippen LogP contribution in [-0.2, 0) is 0 Å². The minimum absolute atomic E-state index is 0.0757. The van der Waals surface area contributed by atoms with Gasteiger partial charge in [0.1, 0.15) is 9.88 Å². The number of nitrogens with zero attached hydrogens (tertiary/aromatic N) is 3. The molecular weight excluding hydrogens is 401 g/mol. The van der Waals surface area contributed by atoms with E-state index in [2.05, 4.69) is 16.8 Å². The predicted molar refractivity (Wildman–Crippen MR) is 114 cm³/mol. The van der Waals surface area contributed by atoms with Gasteiger partial charge in [0.15, 0.2) is 0 Å². The molecule has 4 nitrogen and oxygen atoms in total. The number of hydrogen-bond donors (Lipinski definition) is 0. The van der Waals surface area contributed by atoms with Crippen molar-refractivity contribution in [2.24, 2.45) is 0 Å². The lowest BCUT2D eigenvalue weighted by molar-refractivity contribution is 0.0765. The summed E-state index contributed by atoms with van der Waals surface area (Å²) >= 11 is 13.9. The highest BCUT2D eigenvalue weighted by molar-refractivity contribution is 7.17. The molecule has 1 aromatic carbocycles. The Morgan fingerprint density at radius 1 is 1.22 bits per heavy atom. The Balaban J connectivity index is 1.76. The minimum Gasteiger partial charge on any atom is -0.337 e. The van der Waals surface area contributed by atoms with E-state index >= 15 is 0 Å². The first-order valence-electron chi connectivity index (χ1n) is 9.44. The van der Waals surface area contributed by atoms with Crippen LogP contribution in [0.3, 0.4) is 0 Å². The number of carbonyl (C=O) groups excluding carboxylic acids is 1. The molecule has 1 fully saturated rings. The fraction of sp³-hybridized carbons (Fsp3) is 0.500. The van der Waals surface area contributed by atoms with Crippen molar-refractivity contribution < 1.29 is 4.79 Å². The van der Waals surface area contributed by atoms with Crippen LogP contribution in [-0.4, -0.2) is 53.4 Å². The summed E-state index contributed by atoms with van der Waals surface area (Å²) in [5, 5.41) is 1.71. The molecule has 3 rings (SSSR count). The summed E-state index contributed by atoms with van der Waals surface area (Å²) in [5.41, 5.74) is 1.53. The summed E-state index contributed by atoms with van der Waals surface area (Å²) in [6.07, 6.45) is 3.43. The van der Waals surface area contributed by atoms with Gasteiger partial charge in [-0.1, -0.05) is 48.7 Å². The summed E-state index contributed by atoms with van der Waals surface area (Å²) in [6.45, 7) is 8.79. The molecule has 1 aliphatic heterocycles. The van der Waals surface area contributed by atoms with Crippen molar-refractivity contribution in [1.29, 1.82) is 0 Å². The van der Waals surface area contributed by atoms with Gasteiger partial charge < -0.3 is 9.80 Å². The zero-order valence-corrected chi connectivity index (χ0v) is 18.1. The lowest BCUT2D eigenvalue weighted by Crippen LogP contribution is -2.35. The topological polar surface area (TPSA) is 36.4 Å². The van der Waals surface area contributed by atoms with Gasteiger partial charge in [0.05, 0.1) is 15.7 Å². The number of rotatable bonds is 5. The highest BCUT2D eigenvalue weighted by atomic mass is 35.5. The van der Waals surface area contributed by atoms with Crippen molar-refractivity contribution in [3.05, 3.63) is 38.8 Å². The van der Waals surface area contributed by atoms with Gasteiger partial charge in [0.2, 0.25) is 0 Å². The van der Waals surface area contributed by atoms with Gasteiger partial charge in [-0.25, -0.2) is 4.98 Å². The van der Waals surface area contributed by atoms with Crippen LogP contribution in [0.25, 0.3) is 10.6 Å². The molecule has 146 valence electrons. The fourth-order valence-corrected chi connectivity index (χ4v) is 4.81. The van der Waals surface area contributed by atoms with Crippen LogP contribution in [0.1, 0.15) is 41.6 Å². The molecule has 0 atom stereocenters. The maximum absolute atomic E-state index is 13.1. The van der Waals surface area contributed by atoms with Crippen molar-refractivity contribution in [3.63, 3.8) is 0 Å². The molecule has 2 heterocycles. The minimum atomic E-state index is 0.0757. The normalized spacial score (nSPS) is 15.8. The Morgan fingerprint density at radius 3 is 2.81 bits per heavy atom. The molecule has 1 aliphatic rings. The molecule has 1 aromatic heterocycles. The number of benzene rings is 1. The number of hydrogen-bond acceptors (Lipinski definition) is 4. The molecular formula is C20H25Cl2N3OS. The van der Waals surface area contributed by atoms with Gasteiger partial charge >= 0.3 is 0 Å². The summed E-state index contributed by atoms with van der Waals surface area (Å²) in [6, 6.07) is 5.49. The molecule has 1 saturated heterocycles. The Bertz CT molecular complexity index is 809. The largest absolute Gasteiger partial charge is 0.337 e. The standard InChI is InChI=1S/C20H25Cl2N3OS/c1-3-4-9-24-10-6-11-25(13-12-24)20(26)18-14(2)23-19(27-18)15-7-5-8-16(21)17(15)22/h5,7-8H,3-4,6,9-13H2,1-2H3. The zero-order chi connectivity index (χ0) is 19.4. The van der Waals surface area contributed by atoms with E-state index in [1.54, 1.807) is 6.07 Å². The predicted octanol–water partition coefficient (Wildman–Crippen LogP) is 5.37. The van der Waals surface area contributed by atoms with Crippen LogP contribution in [0.15, 0.2) is 18.2 Å². The fourth-order valence-electron chi connectivity index (χ4n) is 3.30. The first-order valence-corrected chi connectivity index (χ1v) is 11.0. The number of aryl methyl sites for hydroxylation is 1. The molecule has 0 aliphatic carbocycles. The molecule has 27 heavy (non-hydrogen) atoms. The number of carbonyl (C=O) groups is 1. The number of amides is 1. The van der Waals surface area contributed by atoms with Crippen LogP contribution < -0.4 is 0 Å². The average molecular weight is 426 g/mol. The number of aromatic nitrogens is 1. The van der Waals surface area contributed by atoms with Gasteiger partial charge in [-0.15, -0.1) is 11.3 Å². The monoisotopic (exact) mass is 425 g/mol. The van der Waals surface area contributed by atoms with Crippen molar-refractivity contribution >= 4 is 40.4 Å². The van der Waals surface area contributed by atoms with Crippen molar-refractivity contribution in [2.75, 3.05) is 32.7 Å². The average Bonchev–Trinajstić information content (AvgIpc) is 2.89. The molecule has 2 aromatic rings. The second-order valence-corrected chi connectivity index (χ2v) is 8.66. The van der Waals surface area contributed by atoms with Crippen LogP contribution >= 0.6 is 34.5 Å². The molecule has 0 bridgehead atoms. The van der Waals surface area contributed by atoms with Gasteiger partial charge in [0, 0.05) is 25.2 Å². The number of thiazole rings is 1. The molecule has 0 spiro atoms. The van der Waals surface area contributed by atoms with E-state index in [1.807, 2.05) is 24.0 Å². The second kappa shape index (κ2) is 9.37. The maximum Gasteiger partial charge on any atom is 0.265 e. The van der Waals surface area contributed by atoms with Crippen molar-refractivity contribution in [2.45, 2.75) is 33.1 Å². The highest BCUT2D eigenvalue weighted by Crippen LogP contribution is 2.37. The third-order valence-electron chi connectivity index (χ3n) is 4.88. The van der Waals surface area contributed by atoms with E-state index in [-0.39, 0.29) is 5.91 Å². The van der Waals surface area contributed by atoms with Gasteiger partial charge in [0.25, 0.3) is 5.91 Å². The molecule has 0 N–H and O–H groups in total. The van der Waals surface area contributed by atoms with Crippen LogP contribution in [0.2, 0.25) is 10.0 Å². The third kappa shape index (κ3) is 4.83. The molecule has 0 saturated carbocycles. The van der Waals surface area contributed by atoms with Crippen LogP contribution in [0, 0.1) is 6.92 Å². The highest BCUT2D eigenvalue weighted by Gasteiger charge is 2.24. The number of unbranched alkanes of at least 4 members (excludes halogenated alkanes) is 1. The molecule has 0 unspecified atom stereocenters. The smallest absolute Gasteiger partial charge is 0.265 e. The Kier molecular flexibility index (Phi) is 7.15. The summed E-state index contributed by atoms with van der Waals surface area (Å²) in [4.78, 5) is 22.8. The summed E-state index contributed by atoms with van der Waals surface area (Å²) < 4.78 is 0. The number of halogens is 2. The van der Waals surface area contributed by atoms with E-state index in [0.29, 0.717) is 14.9 Å². The van der Waals surface area contributed by atoms with Gasteiger partial charge in [-0.3, -0.25) is 4.79 Å². The third-order valence-corrected chi connectivity index (χ3v) is 6.87. The first kappa shape index (κ1) is 20.6. The molecule has 7 heteroatoms. The zero-order valence-electron chi connectivity index (χ0n) is 15.8. The quantitative estimate of drug-likeness (QED) is 0.645. The van der Waals surface area contributed by atoms with Crippen molar-refractivity contribution in [1.82, 2.24) is 14.8 Å². The van der Waals surface area contributed by atoms with Gasteiger partial charge in [-0.2, -0.15) is 0 Å². The van der Waals surface area contributed by atoms with E-state index in [0.717, 1.165) is 55.4 Å². The van der Waals surface area contributed by atoms with E-state index in [4.69, 9.17) is 23.2 Å². The van der Waals surface area contributed by atoms with Crippen LogP contribution in [0.5, 0.6) is 0 Å². The van der Waals surface area contributed by atoms with Gasteiger partial charge in [-0.05, 0) is 38.9 Å². The van der Waals surface area contributed by atoms with Crippen molar-refractivity contribution in [3.8, 4) is 10.6 Å². The lowest BCUT2D eigenvalue weighted by Gasteiger charge is -2.21. The molecule has 0 radical (unpaired) electrons. The Hall–Kier alpha value is -1.14.